The topological polar surface area (TPSA) is 52.0 Å². The molecule has 4 N–H and O–H groups in total. The van der Waals surface area contributed by atoms with Crippen molar-refractivity contribution in [1.82, 2.24) is 0 Å². The van der Waals surface area contributed by atoms with Crippen LogP contribution in [0.25, 0.3) is 0 Å². The summed E-state index contributed by atoms with van der Waals surface area (Å²) < 4.78 is 0. The first-order chi connectivity index (χ1) is 8.84. The molecule has 0 aliphatic carbocycles. The quantitative estimate of drug-likeness (QED) is 0.621. The van der Waals surface area contributed by atoms with Crippen LogP contribution in [0.15, 0.2) is 24.3 Å². The van der Waals surface area contributed by atoms with Gasteiger partial charge in [-0.15, -0.1) is 0 Å². The number of nitrogens with two attached hydrogens (primary N) is 2. The Hall–Kier alpha value is -0.860. The minimum Gasteiger partial charge on any atom is -0.330 e. The first-order valence-corrected chi connectivity index (χ1v) is 7.26. The third-order valence-corrected chi connectivity index (χ3v) is 3.39. The van der Waals surface area contributed by atoms with Crippen molar-refractivity contribution >= 4 is 0 Å². The smallest absolute Gasteiger partial charge is 0.0294 e. The molecule has 0 saturated carbocycles. The highest BCUT2D eigenvalue weighted by Gasteiger charge is 2.04. The zero-order valence-corrected chi connectivity index (χ0v) is 11.4. The molecule has 18 heavy (non-hydrogen) atoms. The molecule has 0 amide bonds. The second-order valence-corrected chi connectivity index (χ2v) is 4.99. The maximum Gasteiger partial charge on any atom is 0.0294 e. The summed E-state index contributed by atoms with van der Waals surface area (Å²) in [7, 11) is 0. The monoisotopic (exact) mass is 247 g/mol. The van der Waals surface area contributed by atoms with Gasteiger partial charge in [0.1, 0.15) is 0 Å². The van der Waals surface area contributed by atoms with E-state index in [0.29, 0.717) is 0 Å². The van der Waals surface area contributed by atoms with E-state index in [2.05, 4.69) is 18.2 Å². The minimum absolute atomic E-state index is 0.192. The Morgan fingerprint density at radius 2 is 1.44 bits per heavy atom. The maximum atomic E-state index is 6.15. The van der Waals surface area contributed by atoms with Crippen LogP contribution >= 0.6 is 0 Å². The van der Waals surface area contributed by atoms with Gasteiger partial charge < -0.3 is 11.5 Å². The van der Waals surface area contributed by atoms with E-state index in [1.54, 1.807) is 0 Å². The number of hydrogen-bond acceptors (Lipinski definition) is 2. The van der Waals surface area contributed by atoms with Gasteiger partial charge in [0.2, 0.25) is 0 Å². The van der Waals surface area contributed by atoms with Crippen LogP contribution in [0.3, 0.4) is 0 Å². The predicted octanol–water partition coefficient (Wildman–Crippen LogP) is 3.57. The molecule has 0 spiro atoms. The highest BCUT2D eigenvalue weighted by atomic mass is 14.6. The van der Waals surface area contributed by atoms with Gasteiger partial charge in [-0.3, -0.25) is 0 Å². The average molecular weight is 247 g/mol. The zero-order valence-electron chi connectivity index (χ0n) is 11.4. The lowest BCUT2D eigenvalue weighted by Crippen LogP contribution is -2.09. The van der Waals surface area contributed by atoms with Crippen molar-refractivity contribution in [3.05, 3.63) is 35.9 Å². The molecule has 0 aromatic heterocycles. The molecule has 0 saturated heterocycles. The Labute approximate surface area is 112 Å². The summed E-state index contributed by atoms with van der Waals surface area (Å²) in [6.45, 7) is 0.837. The molecule has 1 radical (unpaired) electrons. The van der Waals surface area contributed by atoms with Crippen molar-refractivity contribution in [2.75, 3.05) is 6.54 Å². The first kappa shape index (κ1) is 15.2. The number of benzene rings is 1. The highest BCUT2D eigenvalue weighted by molar-refractivity contribution is 5.17. The van der Waals surface area contributed by atoms with E-state index in [0.717, 1.165) is 13.0 Å². The molecule has 2 nitrogen and oxygen atoms in total. The van der Waals surface area contributed by atoms with Crippen molar-refractivity contribution < 1.29 is 0 Å². The lowest BCUT2D eigenvalue weighted by atomic mass is 10.0. The lowest BCUT2D eigenvalue weighted by molar-refractivity contribution is 0.538. The summed E-state index contributed by atoms with van der Waals surface area (Å²) in [4.78, 5) is 0. The maximum absolute atomic E-state index is 6.15. The Morgan fingerprint density at radius 1 is 0.889 bits per heavy atom. The van der Waals surface area contributed by atoms with Crippen molar-refractivity contribution in [2.45, 2.75) is 57.4 Å². The van der Waals surface area contributed by atoms with Crippen molar-refractivity contribution in [1.29, 1.82) is 0 Å². The normalized spacial score (nSPS) is 12.6. The Bertz CT molecular complexity index is 284. The fourth-order valence-corrected chi connectivity index (χ4v) is 2.21. The van der Waals surface area contributed by atoms with Gasteiger partial charge in [0.15, 0.2) is 0 Å². The molecule has 0 aliphatic heterocycles. The summed E-state index contributed by atoms with van der Waals surface area (Å²) in [6, 6.07) is 11.2. The van der Waals surface area contributed by atoms with Crippen LogP contribution in [-0.2, 0) is 0 Å². The molecule has 1 unspecified atom stereocenters. The second kappa shape index (κ2) is 10.1. The van der Waals surface area contributed by atoms with E-state index in [4.69, 9.17) is 11.5 Å². The number of rotatable bonds is 10. The predicted molar refractivity (Wildman–Crippen MR) is 78.2 cm³/mol. The lowest BCUT2D eigenvalue weighted by Gasteiger charge is -2.11. The van der Waals surface area contributed by atoms with Gasteiger partial charge >= 0.3 is 0 Å². The van der Waals surface area contributed by atoms with E-state index in [-0.39, 0.29) is 6.04 Å². The number of hydrogen-bond donors (Lipinski definition) is 2. The molecule has 0 aliphatic rings. The van der Waals surface area contributed by atoms with E-state index in [1.807, 2.05) is 12.1 Å². The van der Waals surface area contributed by atoms with Crippen LogP contribution in [0.4, 0.5) is 0 Å². The second-order valence-electron chi connectivity index (χ2n) is 4.99. The zero-order chi connectivity index (χ0) is 13.1. The SMILES string of the molecule is NCCCCCCCCCC(N)c1cc[c]cc1. The number of unbranched alkanes of at least 4 members (excludes halogenated alkanes) is 6. The Balaban J connectivity index is 1.98. The fraction of sp³-hybridized carbons (Fsp3) is 0.625. The average Bonchev–Trinajstić information content (AvgIpc) is 2.42. The van der Waals surface area contributed by atoms with Crippen LogP contribution < -0.4 is 11.5 Å². The summed E-state index contributed by atoms with van der Waals surface area (Å²) in [5, 5.41) is 0. The van der Waals surface area contributed by atoms with Crippen LogP contribution in [0, 0.1) is 6.07 Å². The Kier molecular flexibility index (Phi) is 8.53. The van der Waals surface area contributed by atoms with Crippen LogP contribution in [0.1, 0.15) is 63.0 Å². The fourth-order valence-electron chi connectivity index (χ4n) is 2.21. The standard InChI is InChI=1S/C16H27N2/c17-14-10-5-3-1-2-4-9-13-16(18)15-11-7-6-8-12-15/h7-8,11-12,16H,1-5,9-10,13-14,17-18H2. The van der Waals surface area contributed by atoms with Gasteiger partial charge in [0.05, 0.1) is 0 Å². The molecule has 0 heterocycles. The van der Waals surface area contributed by atoms with E-state index in [1.165, 1.54) is 50.5 Å². The van der Waals surface area contributed by atoms with Crippen molar-refractivity contribution in [3.8, 4) is 0 Å². The summed E-state index contributed by atoms with van der Waals surface area (Å²) in [5.74, 6) is 0. The van der Waals surface area contributed by atoms with Gasteiger partial charge in [-0.25, -0.2) is 0 Å². The largest absolute Gasteiger partial charge is 0.330 e. The van der Waals surface area contributed by atoms with Gasteiger partial charge in [0.25, 0.3) is 0 Å². The molecule has 1 atom stereocenters. The van der Waals surface area contributed by atoms with Gasteiger partial charge in [-0.05, 0) is 31.0 Å². The summed E-state index contributed by atoms with van der Waals surface area (Å²) in [5.41, 5.74) is 12.8. The van der Waals surface area contributed by atoms with E-state index in [9.17, 15) is 0 Å². The van der Waals surface area contributed by atoms with Crippen LogP contribution in [-0.4, -0.2) is 6.54 Å². The van der Waals surface area contributed by atoms with Gasteiger partial charge in [0, 0.05) is 6.04 Å². The molecule has 0 bridgehead atoms. The van der Waals surface area contributed by atoms with Crippen molar-refractivity contribution in [2.24, 2.45) is 11.5 Å². The molecule has 2 heteroatoms. The first-order valence-electron chi connectivity index (χ1n) is 7.26. The molecular formula is C16H27N2. The van der Waals surface area contributed by atoms with Gasteiger partial charge in [-0.1, -0.05) is 62.8 Å². The van der Waals surface area contributed by atoms with E-state index >= 15 is 0 Å². The molecular weight excluding hydrogens is 220 g/mol. The molecule has 0 fully saturated rings. The highest BCUT2D eigenvalue weighted by Crippen LogP contribution is 2.17. The van der Waals surface area contributed by atoms with Crippen LogP contribution in [0.2, 0.25) is 0 Å². The van der Waals surface area contributed by atoms with Gasteiger partial charge in [-0.2, -0.15) is 0 Å². The third-order valence-electron chi connectivity index (χ3n) is 3.39. The molecule has 1 aromatic rings. The molecule has 101 valence electrons. The summed E-state index contributed by atoms with van der Waals surface area (Å²) in [6.07, 6.45) is 10.1. The minimum atomic E-state index is 0.192. The Morgan fingerprint density at radius 3 is 2.06 bits per heavy atom. The summed E-state index contributed by atoms with van der Waals surface area (Å²) >= 11 is 0. The van der Waals surface area contributed by atoms with Crippen LogP contribution in [0.5, 0.6) is 0 Å². The van der Waals surface area contributed by atoms with Crippen molar-refractivity contribution in [3.63, 3.8) is 0 Å². The third kappa shape index (κ3) is 6.77. The van der Waals surface area contributed by atoms with E-state index < -0.39 is 0 Å². The molecule has 1 rings (SSSR count). The molecule has 1 aromatic carbocycles.